The van der Waals surface area contributed by atoms with Gasteiger partial charge in [-0.3, -0.25) is 4.79 Å². The minimum Gasteiger partial charge on any atom is -0.350 e. The molecule has 0 aliphatic carbocycles. The van der Waals surface area contributed by atoms with Gasteiger partial charge in [-0.05, 0) is 0 Å². The number of hydrogen-bond donors (Lipinski definition) is 1. The quantitative estimate of drug-likeness (QED) is 0.889. The first-order valence-electron chi connectivity index (χ1n) is 5.34. The van der Waals surface area contributed by atoms with Gasteiger partial charge in [0.2, 0.25) is 11.9 Å². The second-order valence-electron chi connectivity index (χ2n) is 3.94. The molecule has 0 unspecified atom stereocenters. The summed E-state index contributed by atoms with van der Waals surface area (Å²) < 4.78 is 23.8. The Balaban J connectivity index is 1.79. The summed E-state index contributed by atoms with van der Waals surface area (Å²) >= 11 is 5.65. The molecule has 1 aliphatic heterocycles. The lowest BCUT2D eigenvalue weighted by Gasteiger charge is -2.38. The van der Waals surface area contributed by atoms with E-state index >= 15 is 0 Å². The molecule has 1 aliphatic rings. The van der Waals surface area contributed by atoms with E-state index in [0.29, 0.717) is 24.1 Å². The van der Waals surface area contributed by atoms with E-state index in [-0.39, 0.29) is 11.8 Å². The molecule has 1 amide bonds. The van der Waals surface area contributed by atoms with E-state index in [9.17, 15) is 13.6 Å². The van der Waals surface area contributed by atoms with Crippen LogP contribution in [-0.2, 0) is 4.79 Å². The van der Waals surface area contributed by atoms with Crippen molar-refractivity contribution >= 4 is 23.5 Å². The minimum atomic E-state index is -2.52. The number of carbonyl (C=O) groups excluding carboxylic acids is 1. The zero-order chi connectivity index (χ0) is 13.1. The number of amides is 1. The van der Waals surface area contributed by atoms with Crippen molar-refractivity contribution < 1.29 is 13.6 Å². The predicted molar refractivity (Wildman–Crippen MR) is 61.8 cm³/mol. The highest BCUT2D eigenvalue weighted by Gasteiger charge is 2.34. The van der Waals surface area contributed by atoms with Crippen LogP contribution in [0.3, 0.4) is 0 Å². The average Bonchev–Trinajstić information content (AvgIpc) is 2.27. The monoisotopic (exact) mass is 276 g/mol. The van der Waals surface area contributed by atoms with Crippen molar-refractivity contribution in [1.82, 2.24) is 15.3 Å². The molecule has 0 saturated carbocycles. The van der Waals surface area contributed by atoms with Crippen LogP contribution in [0.5, 0.6) is 0 Å². The van der Waals surface area contributed by atoms with Gasteiger partial charge in [0, 0.05) is 13.1 Å². The summed E-state index contributed by atoms with van der Waals surface area (Å²) in [5, 5.41) is 2.62. The van der Waals surface area contributed by atoms with Gasteiger partial charge in [-0.2, -0.15) is 0 Å². The summed E-state index contributed by atoms with van der Waals surface area (Å²) in [4.78, 5) is 21.2. The number of carbonyl (C=O) groups is 1. The fraction of sp³-hybridized carbons (Fsp3) is 0.500. The molecule has 0 spiro atoms. The van der Waals surface area contributed by atoms with Crippen molar-refractivity contribution in [2.75, 3.05) is 24.5 Å². The van der Waals surface area contributed by atoms with Crippen molar-refractivity contribution in [3.63, 3.8) is 0 Å². The Morgan fingerprint density at radius 2 is 2.11 bits per heavy atom. The summed E-state index contributed by atoms with van der Waals surface area (Å²) in [6.07, 6.45) is 0.409. The van der Waals surface area contributed by atoms with E-state index in [0.717, 1.165) is 0 Å². The number of alkyl halides is 2. The van der Waals surface area contributed by atoms with E-state index in [2.05, 4.69) is 15.3 Å². The number of aromatic nitrogens is 2. The third-order valence-corrected chi connectivity index (χ3v) is 2.77. The van der Waals surface area contributed by atoms with Crippen LogP contribution in [0.15, 0.2) is 12.4 Å². The lowest BCUT2D eigenvalue weighted by Crippen LogP contribution is -2.54. The van der Waals surface area contributed by atoms with Crippen LogP contribution in [0.4, 0.5) is 14.7 Å². The third-order valence-electron chi connectivity index (χ3n) is 2.57. The molecule has 0 bridgehead atoms. The molecule has 98 valence electrons. The van der Waals surface area contributed by atoms with Crippen LogP contribution in [0, 0.1) is 5.92 Å². The molecular weight excluding hydrogens is 266 g/mol. The summed E-state index contributed by atoms with van der Waals surface area (Å²) in [6, 6.07) is 0. The predicted octanol–water partition coefficient (Wildman–Crippen LogP) is 0.947. The normalized spacial score (nSPS) is 15.7. The van der Waals surface area contributed by atoms with Gasteiger partial charge in [-0.25, -0.2) is 18.7 Å². The molecule has 0 atom stereocenters. The Morgan fingerprint density at radius 3 is 2.67 bits per heavy atom. The molecule has 1 saturated heterocycles. The first-order chi connectivity index (χ1) is 8.56. The zero-order valence-electron chi connectivity index (χ0n) is 9.31. The van der Waals surface area contributed by atoms with Crippen LogP contribution < -0.4 is 10.2 Å². The van der Waals surface area contributed by atoms with Crippen LogP contribution in [0.25, 0.3) is 0 Å². The van der Waals surface area contributed by atoms with Gasteiger partial charge < -0.3 is 10.2 Å². The van der Waals surface area contributed by atoms with Gasteiger partial charge in [-0.15, -0.1) is 0 Å². The van der Waals surface area contributed by atoms with E-state index in [1.54, 1.807) is 4.90 Å². The summed E-state index contributed by atoms with van der Waals surface area (Å²) in [5.41, 5.74) is 0. The Hall–Kier alpha value is -1.50. The maximum Gasteiger partial charge on any atom is 0.255 e. The first-order valence-corrected chi connectivity index (χ1v) is 5.72. The molecule has 1 N–H and O–H groups in total. The molecule has 18 heavy (non-hydrogen) atoms. The molecule has 1 aromatic heterocycles. The van der Waals surface area contributed by atoms with Gasteiger partial charge in [0.05, 0.1) is 29.9 Å². The molecule has 8 heteroatoms. The lowest BCUT2D eigenvalue weighted by atomic mass is 10.00. The summed E-state index contributed by atoms with van der Waals surface area (Å²) in [5.74, 6) is -0.166. The van der Waals surface area contributed by atoms with Crippen molar-refractivity contribution in [3.05, 3.63) is 17.4 Å². The van der Waals surface area contributed by atoms with Gasteiger partial charge in [0.15, 0.2) is 0 Å². The number of nitrogens with zero attached hydrogens (tertiary/aromatic N) is 3. The number of anilines is 1. The summed E-state index contributed by atoms with van der Waals surface area (Å²) in [6.45, 7) is 0.250. The van der Waals surface area contributed by atoms with E-state index in [4.69, 9.17) is 11.6 Å². The molecule has 5 nitrogen and oxygen atoms in total. The fourth-order valence-corrected chi connectivity index (χ4v) is 1.70. The first kappa shape index (κ1) is 12.9. The molecule has 2 rings (SSSR count). The Bertz CT molecular complexity index is 422. The number of hydrogen-bond acceptors (Lipinski definition) is 4. The van der Waals surface area contributed by atoms with E-state index < -0.39 is 13.0 Å². The smallest absolute Gasteiger partial charge is 0.255 e. The van der Waals surface area contributed by atoms with Gasteiger partial charge in [0.25, 0.3) is 6.43 Å². The highest BCUT2D eigenvalue weighted by Crippen LogP contribution is 2.21. The topological polar surface area (TPSA) is 58.1 Å². The second-order valence-corrected chi connectivity index (χ2v) is 4.38. The van der Waals surface area contributed by atoms with Gasteiger partial charge >= 0.3 is 0 Å². The zero-order valence-corrected chi connectivity index (χ0v) is 10.1. The largest absolute Gasteiger partial charge is 0.350 e. The summed E-state index contributed by atoms with van der Waals surface area (Å²) in [7, 11) is 0. The maximum atomic E-state index is 11.9. The fourth-order valence-electron chi connectivity index (χ4n) is 1.60. The Kier molecular flexibility index (Phi) is 3.90. The van der Waals surface area contributed by atoms with Crippen molar-refractivity contribution in [2.24, 2.45) is 5.92 Å². The Morgan fingerprint density at radius 1 is 1.50 bits per heavy atom. The molecule has 1 aromatic rings. The van der Waals surface area contributed by atoms with Gasteiger partial charge in [0.1, 0.15) is 0 Å². The van der Waals surface area contributed by atoms with Crippen LogP contribution in [0.1, 0.15) is 0 Å². The number of rotatable bonds is 4. The molecule has 1 fully saturated rings. The highest BCUT2D eigenvalue weighted by atomic mass is 35.5. The van der Waals surface area contributed by atoms with Crippen LogP contribution in [0.2, 0.25) is 5.02 Å². The Labute approximate surface area is 107 Å². The standard InChI is InChI=1S/C10H11ClF2N4O/c11-7-1-15-10(16-2-7)17-4-6(5-17)9(18)14-3-8(12)13/h1-2,6,8H,3-5H2,(H,14,18). The number of nitrogens with one attached hydrogen (secondary N) is 1. The van der Waals surface area contributed by atoms with Crippen molar-refractivity contribution in [2.45, 2.75) is 6.43 Å². The molecule has 0 radical (unpaired) electrons. The highest BCUT2D eigenvalue weighted by molar-refractivity contribution is 6.30. The molecular formula is C10H11ClF2N4O. The molecule has 2 heterocycles. The van der Waals surface area contributed by atoms with Crippen molar-refractivity contribution in [1.29, 1.82) is 0 Å². The van der Waals surface area contributed by atoms with E-state index in [1.807, 2.05) is 0 Å². The van der Waals surface area contributed by atoms with E-state index in [1.165, 1.54) is 12.4 Å². The SMILES string of the molecule is O=C(NCC(F)F)C1CN(c2ncc(Cl)cn2)C1. The molecule has 0 aromatic carbocycles. The van der Waals surface area contributed by atoms with Crippen molar-refractivity contribution in [3.8, 4) is 0 Å². The number of halogens is 3. The van der Waals surface area contributed by atoms with Crippen LogP contribution >= 0.6 is 11.6 Å². The minimum absolute atomic E-state index is 0.289. The van der Waals surface area contributed by atoms with Gasteiger partial charge in [-0.1, -0.05) is 11.6 Å². The van der Waals surface area contributed by atoms with Crippen LogP contribution in [-0.4, -0.2) is 41.9 Å². The second kappa shape index (κ2) is 5.43. The lowest BCUT2D eigenvalue weighted by molar-refractivity contribution is -0.126. The average molecular weight is 277 g/mol. The third kappa shape index (κ3) is 3.04. The maximum absolute atomic E-state index is 11.9.